The van der Waals surface area contributed by atoms with Gasteiger partial charge in [0, 0.05) is 18.8 Å². The van der Waals surface area contributed by atoms with Gasteiger partial charge in [0.2, 0.25) is 0 Å². The zero-order valence-corrected chi connectivity index (χ0v) is 17.9. The van der Waals surface area contributed by atoms with Crippen molar-refractivity contribution < 1.29 is 4.79 Å². The third-order valence-corrected chi connectivity index (χ3v) is 6.15. The van der Waals surface area contributed by atoms with Gasteiger partial charge in [-0.25, -0.2) is 0 Å². The van der Waals surface area contributed by atoms with E-state index in [9.17, 15) is 4.79 Å². The number of carbonyl (C=O) groups is 1. The van der Waals surface area contributed by atoms with E-state index in [1.807, 2.05) is 47.7 Å². The van der Waals surface area contributed by atoms with Crippen molar-refractivity contribution in [2.75, 3.05) is 0 Å². The van der Waals surface area contributed by atoms with Crippen molar-refractivity contribution in [1.82, 2.24) is 19.7 Å². The molecule has 1 fully saturated rings. The Labute approximate surface area is 178 Å². The van der Waals surface area contributed by atoms with Gasteiger partial charge < -0.3 is 4.90 Å². The summed E-state index contributed by atoms with van der Waals surface area (Å²) in [6.45, 7) is 5.19. The summed E-state index contributed by atoms with van der Waals surface area (Å²) in [6.07, 6.45) is 6.03. The highest BCUT2D eigenvalue weighted by molar-refractivity contribution is 5.93. The second kappa shape index (κ2) is 9.24. The van der Waals surface area contributed by atoms with Gasteiger partial charge in [-0.1, -0.05) is 36.4 Å². The number of nitrogens with zero attached hydrogens (tertiary/aromatic N) is 4. The van der Waals surface area contributed by atoms with Crippen LogP contribution in [0.1, 0.15) is 66.0 Å². The molecule has 0 atom stereocenters. The summed E-state index contributed by atoms with van der Waals surface area (Å²) >= 11 is 0. The number of pyridine rings is 1. The minimum Gasteiger partial charge on any atom is -0.328 e. The summed E-state index contributed by atoms with van der Waals surface area (Å²) in [5, 5.41) is 4.49. The molecule has 0 spiro atoms. The molecule has 2 aromatic heterocycles. The second-order valence-electron chi connectivity index (χ2n) is 8.16. The molecular formula is C25H30N4O. The molecule has 1 amide bonds. The molecule has 4 rings (SSSR count). The van der Waals surface area contributed by atoms with E-state index in [0.717, 1.165) is 37.1 Å². The summed E-state index contributed by atoms with van der Waals surface area (Å²) < 4.78 is 1.82. The molecule has 1 aliphatic rings. The molecule has 0 radical (unpaired) electrons. The van der Waals surface area contributed by atoms with Gasteiger partial charge in [-0.2, -0.15) is 5.10 Å². The van der Waals surface area contributed by atoms with Crippen molar-refractivity contribution in [3.63, 3.8) is 0 Å². The maximum absolute atomic E-state index is 13.6. The number of carbonyl (C=O) groups excluding carboxylic acids is 1. The van der Waals surface area contributed by atoms with Crippen LogP contribution in [0.2, 0.25) is 0 Å². The van der Waals surface area contributed by atoms with E-state index in [1.165, 1.54) is 5.56 Å². The Morgan fingerprint density at radius 1 is 1.07 bits per heavy atom. The standard InChI is InChI=1S/C25H30N4O/c1-3-29-24(17-19(2)27-29)25(30)28(18-22-11-7-8-16-26-22)23-14-12-21(13-15-23)20-9-5-4-6-10-20/h4-11,16-17,21,23H,3,12-15,18H2,1-2H3. The van der Waals surface area contributed by atoms with Crippen LogP contribution in [0, 0.1) is 6.92 Å². The molecule has 3 aromatic rings. The van der Waals surface area contributed by atoms with E-state index >= 15 is 0 Å². The van der Waals surface area contributed by atoms with Gasteiger partial charge in [0.15, 0.2) is 0 Å². The van der Waals surface area contributed by atoms with Crippen molar-refractivity contribution in [2.45, 2.75) is 64.6 Å². The first kappa shape index (κ1) is 20.3. The van der Waals surface area contributed by atoms with Crippen LogP contribution in [0.15, 0.2) is 60.8 Å². The number of hydrogen-bond acceptors (Lipinski definition) is 3. The Morgan fingerprint density at radius 3 is 2.47 bits per heavy atom. The van der Waals surface area contributed by atoms with E-state index < -0.39 is 0 Å². The smallest absolute Gasteiger partial charge is 0.272 e. The van der Waals surface area contributed by atoms with Crippen LogP contribution in [0.3, 0.4) is 0 Å². The van der Waals surface area contributed by atoms with Crippen molar-refractivity contribution in [3.8, 4) is 0 Å². The Kier molecular flexibility index (Phi) is 6.26. The Morgan fingerprint density at radius 2 is 1.80 bits per heavy atom. The van der Waals surface area contributed by atoms with Gasteiger partial charge >= 0.3 is 0 Å². The number of benzene rings is 1. The number of amides is 1. The molecule has 5 heteroatoms. The predicted octanol–water partition coefficient (Wildman–Crippen LogP) is 4.98. The Balaban J connectivity index is 1.55. The number of rotatable bonds is 6. The first-order valence-electron chi connectivity index (χ1n) is 11.0. The largest absolute Gasteiger partial charge is 0.328 e. The van der Waals surface area contributed by atoms with Crippen LogP contribution >= 0.6 is 0 Å². The summed E-state index contributed by atoms with van der Waals surface area (Å²) in [5.41, 5.74) is 3.90. The summed E-state index contributed by atoms with van der Waals surface area (Å²) in [6, 6.07) is 18.8. The fraction of sp³-hybridized carbons (Fsp3) is 0.400. The van der Waals surface area contributed by atoms with E-state index in [2.05, 4.69) is 40.4 Å². The van der Waals surface area contributed by atoms with Crippen LogP contribution in [-0.2, 0) is 13.1 Å². The first-order valence-corrected chi connectivity index (χ1v) is 11.0. The quantitative estimate of drug-likeness (QED) is 0.585. The van der Waals surface area contributed by atoms with Gasteiger partial charge in [0.05, 0.1) is 17.9 Å². The minimum atomic E-state index is 0.0614. The molecule has 0 unspecified atom stereocenters. The summed E-state index contributed by atoms with van der Waals surface area (Å²) in [5.74, 6) is 0.643. The molecule has 156 valence electrons. The van der Waals surface area contributed by atoms with Gasteiger partial charge in [-0.05, 0) is 69.2 Å². The van der Waals surface area contributed by atoms with Crippen LogP contribution < -0.4 is 0 Å². The molecule has 1 aromatic carbocycles. The Hall–Kier alpha value is -2.95. The summed E-state index contributed by atoms with van der Waals surface area (Å²) in [7, 11) is 0. The van der Waals surface area contributed by atoms with Crippen molar-refractivity contribution >= 4 is 5.91 Å². The van der Waals surface area contributed by atoms with Crippen molar-refractivity contribution in [1.29, 1.82) is 0 Å². The van der Waals surface area contributed by atoms with E-state index in [-0.39, 0.29) is 11.9 Å². The molecular weight excluding hydrogens is 372 g/mol. The van der Waals surface area contributed by atoms with Crippen molar-refractivity contribution in [2.24, 2.45) is 0 Å². The number of aromatic nitrogens is 3. The van der Waals surface area contributed by atoms with Crippen LogP contribution in [0.25, 0.3) is 0 Å². The van der Waals surface area contributed by atoms with Crippen LogP contribution in [0.4, 0.5) is 0 Å². The van der Waals surface area contributed by atoms with Gasteiger partial charge in [0.1, 0.15) is 5.69 Å². The monoisotopic (exact) mass is 402 g/mol. The van der Waals surface area contributed by atoms with E-state index in [4.69, 9.17) is 0 Å². The molecule has 30 heavy (non-hydrogen) atoms. The lowest BCUT2D eigenvalue weighted by atomic mass is 9.81. The summed E-state index contributed by atoms with van der Waals surface area (Å²) in [4.78, 5) is 20.1. The third kappa shape index (κ3) is 4.45. The van der Waals surface area contributed by atoms with Gasteiger partial charge in [0.25, 0.3) is 5.91 Å². The molecule has 0 saturated heterocycles. The first-order chi connectivity index (χ1) is 14.7. The number of hydrogen-bond donors (Lipinski definition) is 0. The third-order valence-electron chi connectivity index (χ3n) is 6.15. The highest BCUT2D eigenvalue weighted by Crippen LogP contribution is 2.35. The molecule has 0 bridgehead atoms. The molecule has 0 aliphatic heterocycles. The highest BCUT2D eigenvalue weighted by atomic mass is 16.2. The van der Waals surface area contributed by atoms with Crippen molar-refractivity contribution in [3.05, 3.63) is 83.4 Å². The lowest BCUT2D eigenvalue weighted by molar-refractivity contribution is 0.0589. The topological polar surface area (TPSA) is 51.0 Å². The predicted molar refractivity (Wildman–Crippen MR) is 118 cm³/mol. The molecule has 1 saturated carbocycles. The lowest BCUT2D eigenvalue weighted by Crippen LogP contribution is -2.42. The van der Waals surface area contributed by atoms with E-state index in [1.54, 1.807) is 6.20 Å². The molecule has 5 nitrogen and oxygen atoms in total. The van der Waals surface area contributed by atoms with E-state index in [0.29, 0.717) is 24.7 Å². The normalized spacial score (nSPS) is 18.9. The maximum Gasteiger partial charge on any atom is 0.272 e. The van der Waals surface area contributed by atoms with Crippen LogP contribution in [-0.4, -0.2) is 31.6 Å². The Bertz CT molecular complexity index is 959. The highest BCUT2D eigenvalue weighted by Gasteiger charge is 2.31. The average molecular weight is 403 g/mol. The molecule has 0 N–H and O–H groups in total. The average Bonchev–Trinajstić information content (AvgIpc) is 3.19. The fourth-order valence-electron chi connectivity index (χ4n) is 4.58. The molecule has 1 aliphatic carbocycles. The van der Waals surface area contributed by atoms with Gasteiger partial charge in [-0.15, -0.1) is 0 Å². The van der Waals surface area contributed by atoms with Crippen LogP contribution in [0.5, 0.6) is 0 Å². The SMILES string of the molecule is CCn1nc(C)cc1C(=O)N(Cc1ccccn1)C1CCC(c2ccccc2)CC1. The number of aryl methyl sites for hydroxylation is 2. The maximum atomic E-state index is 13.6. The fourth-order valence-corrected chi connectivity index (χ4v) is 4.58. The second-order valence-corrected chi connectivity index (χ2v) is 8.16. The van der Waals surface area contributed by atoms with Gasteiger partial charge in [-0.3, -0.25) is 14.5 Å². The lowest BCUT2D eigenvalue weighted by Gasteiger charge is -2.37. The molecule has 2 heterocycles. The minimum absolute atomic E-state index is 0.0614. The zero-order chi connectivity index (χ0) is 20.9. The zero-order valence-electron chi connectivity index (χ0n) is 17.9.